The fourth-order valence-corrected chi connectivity index (χ4v) is 1.89. The van der Waals surface area contributed by atoms with Gasteiger partial charge in [-0.2, -0.15) is 0 Å². The highest BCUT2D eigenvalue weighted by Crippen LogP contribution is 2.14. The van der Waals surface area contributed by atoms with E-state index >= 15 is 0 Å². The Hall–Kier alpha value is -0.870. The van der Waals surface area contributed by atoms with Gasteiger partial charge in [-0.3, -0.25) is 4.90 Å². The van der Waals surface area contributed by atoms with Crippen LogP contribution in [0.2, 0.25) is 0 Å². The van der Waals surface area contributed by atoms with Gasteiger partial charge in [-0.15, -0.1) is 0 Å². The van der Waals surface area contributed by atoms with Gasteiger partial charge in [-0.25, -0.2) is 4.98 Å². The Kier molecular flexibility index (Phi) is 5.56. The molecule has 1 fully saturated rings. The highest BCUT2D eigenvalue weighted by Gasteiger charge is 2.22. The molecule has 1 aliphatic heterocycles. The minimum atomic E-state index is 0.177. The summed E-state index contributed by atoms with van der Waals surface area (Å²) in [6, 6.07) is 0. The number of hydrogen-bond donors (Lipinski definition) is 0. The zero-order chi connectivity index (χ0) is 14.5. The Balaban J connectivity index is 0.000000191. The van der Waals surface area contributed by atoms with Gasteiger partial charge < -0.3 is 9.30 Å². The highest BCUT2D eigenvalue weighted by atomic mass is 16.5. The standard InChI is InChI=1S/C8H17NO.C7H12N2/c1-8(2,3)9-4-6-10-7-5-9;1-7(2,3)9-5-4-8-6-9/h4-7H2,1-3H3;4-6H,1-3H3. The van der Waals surface area contributed by atoms with Gasteiger partial charge in [0.25, 0.3) is 0 Å². The van der Waals surface area contributed by atoms with Crippen LogP contribution in [-0.4, -0.2) is 46.3 Å². The van der Waals surface area contributed by atoms with Crippen molar-refractivity contribution in [1.82, 2.24) is 14.5 Å². The van der Waals surface area contributed by atoms with Crippen molar-refractivity contribution in [3.8, 4) is 0 Å². The lowest BCUT2D eigenvalue weighted by Gasteiger charge is -2.38. The third-order valence-electron chi connectivity index (χ3n) is 3.24. The Morgan fingerprint density at radius 2 is 1.53 bits per heavy atom. The van der Waals surface area contributed by atoms with Crippen LogP contribution in [0.15, 0.2) is 18.7 Å². The predicted octanol–water partition coefficient (Wildman–Crippen LogP) is 2.76. The number of hydrogen-bond acceptors (Lipinski definition) is 3. The van der Waals surface area contributed by atoms with Crippen LogP contribution in [0.4, 0.5) is 0 Å². The Labute approximate surface area is 117 Å². The average Bonchev–Trinajstić information content (AvgIpc) is 2.83. The lowest BCUT2D eigenvalue weighted by Crippen LogP contribution is -2.47. The van der Waals surface area contributed by atoms with E-state index in [1.165, 1.54) is 0 Å². The minimum Gasteiger partial charge on any atom is -0.379 e. The SMILES string of the molecule is CC(C)(C)N1CCOCC1.CC(C)(C)n1ccnc1. The molecule has 19 heavy (non-hydrogen) atoms. The summed E-state index contributed by atoms with van der Waals surface area (Å²) in [6.07, 6.45) is 5.60. The molecule has 1 aliphatic rings. The molecule has 0 N–H and O–H groups in total. The van der Waals surface area contributed by atoms with Gasteiger partial charge in [0.05, 0.1) is 19.5 Å². The first-order chi connectivity index (χ1) is 8.71. The van der Waals surface area contributed by atoms with Crippen molar-refractivity contribution in [3.63, 3.8) is 0 Å². The van der Waals surface area contributed by atoms with Crippen LogP contribution in [0.25, 0.3) is 0 Å². The Morgan fingerprint density at radius 1 is 0.947 bits per heavy atom. The number of ether oxygens (including phenoxy) is 1. The smallest absolute Gasteiger partial charge is 0.0950 e. The van der Waals surface area contributed by atoms with Gasteiger partial charge in [0.2, 0.25) is 0 Å². The number of rotatable bonds is 0. The van der Waals surface area contributed by atoms with Crippen molar-refractivity contribution in [2.24, 2.45) is 0 Å². The fourth-order valence-electron chi connectivity index (χ4n) is 1.89. The van der Waals surface area contributed by atoms with Crippen LogP contribution in [0.5, 0.6) is 0 Å². The van der Waals surface area contributed by atoms with Crippen molar-refractivity contribution in [2.75, 3.05) is 26.3 Å². The molecule has 0 aromatic carbocycles. The molecule has 0 atom stereocenters. The molecule has 2 rings (SSSR count). The fraction of sp³-hybridized carbons (Fsp3) is 0.800. The first-order valence-corrected chi connectivity index (χ1v) is 7.02. The topological polar surface area (TPSA) is 30.3 Å². The quantitative estimate of drug-likeness (QED) is 0.724. The maximum absolute atomic E-state index is 5.25. The van der Waals surface area contributed by atoms with Crippen molar-refractivity contribution < 1.29 is 4.74 Å². The molecule has 4 heteroatoms. The maximum atomic E-state index is 5.25. The van der Waals surface area contributed by atoms with E-state index < -0.39 is 0 Å². The molecule has 110 valence electrons. The van der Waals surface area contributed by atoms with Crippen LogP contribution in [0.3, 0.4) is 0 Å². The molecule has 0 amide bonds. The average molecular weight is 267 g/mol. The van der Waals surface area contributed by atoms with Gasteiger partial charge in [0.1, 0.15) is 0 Å². The largest absolute Gasteiger partial charge is 0.379 e. The van der Waals surface area contributed by atoms with Crippen molar-refractivity contribution >= 4 is 0 Å². The summed E-state index contributed by atoms with van der Waals surface area (Å²) in [5.74, 6) is 0. The zero-order valence-electron chi connectivity index (χ0n) is 13.3. The van der Waals surface area contributed by atoms with E-state index in [0.29, 0.717) is 5.54 Å². The van der Waals surface area contributed by atoms with Crippen molar-refractivity contribution in [3.05, 3.63) is 18.7 Å². The van der Waals surface area contributed by atoms with E-state index in [-0.39, 0.29) is 5.54 Å². The van der Waals surface area contributed by atoms with Crippen LogP contribution in [-0.2, 0) is 10.3 Å². The second-order valence-electron chi connectivity index (χ2n) is 6.91. The summed E-state index contributed by atoms with van der Waals surface area (Å²) < 4.78 is 7.33. The molecule has 0 spiro atoms. The summed E-state index contributed by atoms with van der Waals surface area (Å²) in [4.78, 5) is 6.41. The lowest BCUT2D eigenvalue weighted by atomic mass is 10.1. The van der Waals surface area contributed by atoms with E-state index in [1.54, 1.807) is 6.20 Å². The molecule has 0 radical (unpaired) electrons. The van der Waals surface area contributed by atoms with Gasteiger partial charge in [0, 0.05) is 36.6 Å². The predicted molar refractivity (Wildman–Crippen MR) is 79.4 cm³/mol. The summed E-state index contributed by atoms with van der Waals surface area (Å²) in [6.45, 7) is 17.2. The molecule has 0 saturated carbocycles. The molecule has 1 saturated heterocycles. The lowest BCUT2D eigenvalue weighted by molar-refractivity contribution is -0.00389. The van der Waals surface area contributed by atoms with Gasteiger partial charge in [-0.05, 0) is 41.5 Å². The van der Waals surface area contributed by atoms with Gasteiger partial charge >= 0.3 is 0 Å². The van der Waals surface area contributed by atoms with Crippen LogP contribution < -0.4 is 0 Å². The Morgan fingerprint density at radius 3 is 1.79 bits per heavy atom. The van der Waals surface area contributed by atoms with E-state index in [0.717, 1.165) is 26.3 Å². The Bertz CT molecular complexity index is 340. The van der Waals surface area contributed by atoms with Gasteiger partial charge in [0.15, 0.2) is 0 Å². The highest BCUT2D eigenvalue weighted by molar-refractivity contribution is 4.82. The molecule has 2 heterocycles. The molecular weight excluding hydrogens is 238 g/mol. The summed E-state index contributed by atoms with van der Waals surface area (Å²) in [7, 11) is 0. The summed E-state index contributed by atoms with van der Waals surface area (Å²) in [5, 5.41) is 0. The molecule has 4 nitrogen and oxygen atoms in total. The van der Waals surface area contributed by atoms with Crippen LogP contribution >= 0.6 is 0 Å². The van der Waals surface area contributed by atoms with Crippen molar-refractivity contribution in [2.45, 2.75) is 52.6 Å². The van der Waals surface area contributed by atoms with Crippen molar-refractivity contribution in [1.29, 1.82) is 0 Å². The third-order valence-corrected chi connectivity index (χ3v) is 3.24. The first-order valence-electron chi connectivity index (χ1n) is 7.02. The molecule has 0 unspecified atom stereocenters. The molecule has 0 bridgehead atoms. The number of morpholine rings is 1. The number of imidazole rings is 1. The molecule has 1 aromatic rings. The molecular formula is C15H29N3O. The number of aromatic nitrogens is 2. The molecule has 0 aliphatic carbocycles. The summed E-state index contributed by atoms with van der Waals surface area (Å²) >= 11 is 0. The van der Waals surface area contributed by atoms with E-state index in [4.69, 9.17) is 4.74 Å². The zero-order valence-corrected chi connectivity index (χ0v) is 13.3. The normalized spacial score (nSPS) is 17.8. The molecule has 1 aromatic heterocycles. The van der Waals surface area contributed by atoms with Crippen LogP contribution in [0, 0.1) is 0 Å². The second kappa shape index (κ2) is 6.53. The minimum absolute atomic E-state index is 0.177. The number of nitrogens with zero attached hydrogens (tertiary/aromatic N) is 3. The second-order valence-corrected chi connectivity index (χ2v) is 6.91. The maximum Gasteiger partial charge on any atom is 0.0950 e. The van der Waals surface area contributed by atoms with Crippen LogP contribution in [0.1, 0.15) is 41.5 Å². The third kappa shape index (κ3) is 5.74. The van der Waals surface area contributed by atoms with E-state index in [9.17, 15) is 0 Å². The van der Waals surface area contributed by atoms with E-state index in [1.807, 2.05) is 12.5 Å². The van der Waals surface area contributed by atoms with Gasteiger partial charge in [-0.1, -0.05) is 0 Å². The van der Waals surface area contributed by atoms with E-state index in [2.05, 4.69) is 56.0 Å². The monoisotopic (exact) mass is 267 g/mol. The summed E-state index contributed by atoms with van der Waals surface area (Å²) in [5.41, 5.74) is 0.500. The first kappa shape index (κ1) is 16.2.